The molecule has 2 aliphatic heterocycles. The number of aliphatic hydroxyl groups is 7. The summed E-state index contributed by atoms with van der Waals surface area (Å²) >= 11 is 0. The molecule has 180 valence electrons. The van der Waals surface area contributed by atoms with Gasteiger partial charge in [0.25, 0.3) is 5.69 Å². The van der Waals surface area contributed by atoms with E-state index in [9.17, 15) is 45.9 Å². The molecule has 7 N–H and O–H groups in total. The summed E-state index contributed by atoms with van der Waals surface area (Å²) in [5.74, 6) is 0.0586. The molecule has 0 aliphatic carbocycles. The highest BCUT2D eigenvalue weighted by atomic mass is 16.8. The molecule has 2 fully saturated rings. The van der Waals surface area contributed by atoms with E-state index in [4.69, 9.17) is 18.9 Å². The molecule has 0 spiro atoms. The molecule has 0 amide bonds. The number of benzene rings is 1. The van der Waals surface area contributed by atoms with Crippen LogP contribution in [0, 0.1) is 10.1 Å². The predicted octanol–water partition coefficient (Wildman–Crippen LogP) is -3.40. The molecule has 1 aromatic rings. The Morgan fingerprint density at radius 2 is 1.34 bits per heavy atom. The van der Waals surface area contributed by atoms with Crippen LogP contribution in [0.1, 0.15) is 0 Å². The van der Waals surface area contributed by atoms with Crippen LogP contribution in [-0.2, 0) is 14.2 Å². The average molecular weight is 463 g/mol. The summed E-state index contributed by atoms with van der Waals surface area (Å²) in [4.78, 5) is 10.2. The van der Waals surface area contributed by atoms with Crippen molar-refractivity contribution in [1.82, 2.24) is 0 Å². The van der Waals surface area contributed by atoms with Gasteiger partial charge in [-0.3, -0.25) is 10.1 Å². The number of nitro benzene ring substituents is 1. The molecule has 1 aromatic carbocycles. The molecule has 14 nitrogen and oxygen atoms in total. The van der Waals surface area contributed by atoms with Gasteiger partial charge in [-0.05, 0) is 12.1 Å². The maximum absolute atomic E-state index is 10.8. The number of aliphatic hydroxyl groups excluding tert-OH is 7. The minimum absolute atomic E-state index is 0.0586. The van der Waals surface area contributed by atoms with E-state index in [1.54, 1.807) is 0 Å². The lowest BCUT2D eigenvalue weighted by Crippen LogP contribution is -2.65. The summed E-state index contributed by atoms with van der Waals surface area (Å²) in [6, 6.07) is 4.80. The van der Waals surface area contributed by atoms with Gasteiger partial charge in [0.15, 0.2) is 12.4 Å². The first-order valence-electron chi connectivity index (χ1n) is 9.67. The SMILES string of the molecule is O=[N+]([O-])c1ccc(O[C@@H]2O[C@H](CO)[C@H](O)[C@@H](O)[C@H]2O[C@@H]2O[C@H](CO)[C@H](O)[C@@H](O)[C@H]2O)cc1. The fourth-order valence-electron chi connectivity index (χ4n) is 3.41. The second kappa shape index (κ2) is 10.3. The Morgan fingerprint density at radius 3 is 1.88 bits per heavy atom. The first kappa shape index (κ1) is 24.7. The van der Waals surface area contributed by atoms with E-state index in [0.717, 1.165) is 12.1 Å². The van der Waals surface area contributed by atoms with Gasteiger partial charge in [-0.25, -0.2) is 0 Å². The molecule has 0 unspecified atom stereocenters. The highest BCUT2D eigenvalue weighted by Crippen LogP contribution is 2.31. The minimum atomic E-state index is -1.80. The van der Waals surface area contributed by atoms with Crippen molar-refractivity contribution in [3.05, 3.63) is 34.4 Å². The monoisotopic (exact) mass is 463 g/mol. The van der Waals surface area contributed by atoms with Gasteiger partial charge < -0.3 is 54.7 Å². The first-order valence-corrected chi connectivity index (χ1v) is 9.67. The van der Waals surface area contributed by atoms with Gasteiger partial charge in [0.2, 0.25) is 6.29 Å². The van der Waals surface area contributed by atoms with Crippen LogP contribution in [0.2, 0.25) is 0 Å². The summed E-state index contributed by atoms with van der Waals surface area (Å²) in [6.07, 6.45) is -15.8. The molecule has 2 saturated heterocycles. The van der Waals surface area contributed by atoms with Crippen molar-refractivity contribution in [2.24, 2.45) is 0 Å². The van der Waals surface area contributed by atoms with Crippen molar-refractivity contribution in [3.8, 4) is 5.75 Å². The Bertz CT molecular complexity index is 762. The third-order valence-corrected chi connectivity index (χ3v) is 5.26. The lowest BCUT2D eigenvalue weighted by atomic mass is 9.97. The van der Waals surface area contributed by atoms with E-state index < -0.39 is 79.5 Å². The first-order chi connectivity index (χ1) is 15.2. The molecule has 0 saturated carbocycles. The average Bonchev–Trinajstić information content (AvgIpc) is 2.78. The van der Waals surface area contributed by atoms with E-state index in [0.29, 0.717) is 0 Å². The van der Waals surface area contributed by atoms with Crippen molar-refractivity contribution < 1.29 is 59.6 Å². The van der Waals surface area contributed by atoms with Crippen LogP contribution in [0.3, 0.4) is 0 Å². The normalized spacial score (nSPS) is 40.1. The van der Waals surface area contributed by atoms with Gasteiger partial charge in [-0.1, -0.05) is 0 Å². The van der Waals surface area contributed by atoms with E-state index in [-0.39, 0.29) is 11.4 Å². The van der Waals surface area contributed by atoms with E-state index >= 15 is 0 Å². The Labute approximate surface area is 180 Å². The second-order valence-electron chi connectivity index (χ2n) is 7.37. The van der Waals surface area contributed by atoms with Gasteiger partial charge in [-0.2, -0.15) is 0 Å². The topological polar surface area (TPSA) is 222 Å². The lowest BCUT2D eigenvalue weighted by Gasteiger charge is -2.45. The van der Waals surface area contributed by atoms with Gasteiger partial charge >= 0.3 is 0 Å². The number of nitro groups is 1. The van der Waals surface area contributed by atoms with Gasteiger partial charge in [0.05, 0.1) is 18.1 Å². The number of nitrogens with zero attached hydrogens (tertiary/aromatic N) is 1. The third-order valence-electron chi connectivity index (χ3n) is 5.26. The molecular weight excluding hydrogens is 438 g/mol. The Balaban J connectivity index is 1.81. The van der Waals surface area contributed by atoms with Gasteiger partial charge in [0.1, 0.15) is 48.5 Å². The molecule has 3 rings (SSSR count). The second-order valence-corrected chi connectivity index (χ2v) is 7.37. The molecule has 0 bridgehead atoms. The van der Waals surface area contributed by atoms with E-state index in [1.807, 2.05) is 0 Å². The highest BCUT2D eigenvalue weighted by Gasteiger charge is 2.51. The van der Waals surface area contributed by atoms with E-state index in [1.165, 1.54) is 12.1 Å². The smallest absolute Gasteiger partial charge is 0.269 e. The van der Waals surface area contributed by atoms with Crippen molar-refractivity contribution in [3.63, 3.8) is 0 Å². The number of rotatable bonds is 7. The maximum atomic E-state index is 10.8. The van der Waals surface area contributed by atoms with Crippen LogP contribution in [0.25, 0.3) is 0 Å². The zero-order valence-corrected chi connectivity index (χ0v) is 16.5. The van der Waals surface area contributed by atoms with Crippen molar-refractivity contribution >= 4 is 5.69 Å². The lowest BCUT2D eigenvalue weighted by molar-refractivity contribution is -0.384. The summed E-state index contributed by atoms with van der Waals surface area (Å²) in [7, 11) is 0. The molecule has 10 atom stereocenters. The number of non-ortho nitro benzene ring substituents is 1. The largest absolute Gasteiger partial charge is 0.462 e. The zero-order valence-electron chi connectivity index (χ0n) is 16.5. The third kappa shape index (κ3) is 4.99. The van der Waals surface area contributed by atoms with Crippen LogP contribution < -0.4 is 4.74 Å². The molecule has 0 aromatic heterocycles. The summed E-state index contributed by atoms with van der Waals surface area (Å²) < 4.78 is 21.8. The van der Waals surface area contributed by atoms with Crippen LogP contribution in [0.5, 0.6) is 5.75 Å². The standard InChI is InChI=1S/C18H25NO13/c20-5-9-11(22)13(24)15(26)17(30-9)32-16-14(25)12(23)10(6-21)31-18(16)29-8-3-1-7(2-4-8)19(27)28/h1-4,9-18,20-26H,5-6H2/t9-,10-,11+,12+,13-,14-,15-,16-,17+,18-/m1/s1. The number of hydrogen-bond acceptors (Lipinski definition) is 13. The molecule has 2 aliphatic rings. The Hall–Kier alpha value is -1.98. The molecule has 0 radical (unpaired) electrons. The molecular formula is C18H25NO13. The maximum Gasteiger partial charge on any atom is 0.269 e. The molecule has 14 heteroatoms. The van der Waals surface area contributed by atoms with Crippen LogP contribution >= 0.6 is 0 Å². The van der Waals surface area contributed by atoms with Crippen molar-refractivity contribution in [2.45, 2.75) is 61.4 Å². The summed E-state index contributed by atoms with van der Waals surface area (Å²) in [5, 5.41) is 80.3. The molecule has 32 heavy (non-hydrogen) atoms. The zero-order chi connectivity index (χ0) is 23.6. The fourth-order valence-corrected chi connectivity index (χ4v) is 3.41. The van der Waals surface area contributed by atoms with Crippen molar-refractivity contribution in [2.75, 3.05) is 13.2 Å². The number of hydrogen-bond donors (Lipinski definition) is 7. The van der Waals surface area contributed by atoms with Crippen LogP contribution in [0.15, 0.2) is 24.3 Å². The van der Waals surface area contributed by atoms with Gasteiger partial charge in [0, 0.05) is 12.1 Å². The Kier molecular flexibility index (Phi) is 7.94. The Morgan fingerprint density at radius 1 is 0.812 bits per heavy atom. The van der Waals surface area contributed by atoms with E-state index in [2.05, 4.69) is 0 Å². The van der Waals surface area contributed by atoms with Crippen molar-refractivity contribution in [1.29, 1.82) is 0 Å². The number of ether oxygens (including phenoxy) is 4. The predicted molar refractivity (Wildman–Crippen MR) is 100 cm³/mol. The summed E-state index contributed by atoms with van der Waals surface area (Å²) in [5.41, 5.74) is -0.209. The van der Waals surface area contributed by atoms with Crippen LogP contribution in [0.4, 0.5) is 5.69 Å². The summed E-state index contributed by atoms with van der Waals surface area (Å²) in [6.45, 7) is -1.41. The highest BCUT2D eigenvalue weighted by molar-refractivity contribution is 5.36. The fraction of sp³-hybridized carbons (Fsp3) is 0.667. The van der Waals surface area contributed by atoms with Crippen LogP contribution in [-0.4, -0.2) is 115 Å². The van der Waals surface area contributed by atoms with Gasteiger partial charge in [-0.15, -0.1) is 0 Å². The molecule has 2 heterocycles. The minimum Gasteiger partial charge on any atom is -0.462 e. The quantitative estimate of drug-likeness (QED) is 0.155.